The van der Waals surface area contributed by atoms with Crippen LogP contribution in [0.1, 0.15) is 45.1 Å². The lowest BCUT2D eigenvalue weighted by Gasteiger charge is -2.18. The van der Waals surface area contributed by atoms with Crippen LogP contribution < -0.4 is 20.1 Å². The highest BCUT2D eigenvalue weighted by Gasteiger charge is 2.07. The first kappa shape index (κ1) is 19.1. The number of guanidine groups is 1. The third-order valence-electron chi connectivity index (χ3n) is 3.76. The third-order valence-corrected chi connectivity index (χ3v) is 3.76. The summed E-state index contributed by atoms with van der Waals surface area (Å²) in [6.07, 6.45) is 4.94. The van der Waals surface area contributed by atoms with Crippen LogP contribution in [0.3, 0.4) is 0 Å². The topological polar surface area (TPSA) is 54.9 Å². The Balaban J connectivity index is 2.51. The molecule has 130 valence electrons. The summed E-state index contributed by atoms with van der Waals surface area (Å²) in [5.41, 5.74) is 1.12. The second kappa shape index (κ2) is 10.8. The van der Waals surface area contributed by atoms with Crippen molar-refractivity contribution in [3.8, 4) is 11.5 Å². The van der Waals surface area contributed by atoms with Gasteiger partial charge in [0.25, 0.3) is 0 Å². The van der Waals surface area contributed by atoms with E-state index in [0.717, 1.165) is 29.4 Å². The van der Waals surface area contributed by atoms with Crippen molar-refractivity contribution in [2.24, 2.45) is 4.99 Å². The lowest BCUT2D eigenvalue weighted by molar-refractivity contribution is 0.354. The van der Waals surface area contributed by atoms with Gasteiger partial charge in [-0.15, -0.1) is 0 Å². The van der Waals surface area contributed by atoms with E-state index in [2.05, 4.69) is 29.5 Å². The average Bonchev–Trinajstić information content (AvgIpc) is 2.58. The van der Waals surface area contributed by atoms with Gasteiger partial charge in [0.1, 0.15) is 0 Å². The first-order valence-corrected chi connectivity index (χ1v) is 8.32. The molecule has 0 aliphatic carbocycles. The van der Waals surface area contributed by atoms with Gasteiger partial charge < -0.3 is 20.1 Å². The zero-order chi connectivity index (χ0) is 17.1. The molecular formula is C18H31N3O2. The van der Waals surface area contributed by atoms with Crippen LogP contribution in [-0.2, 0) is 6.54 Å². The van der Waals surface area contributed by atoms with Crippen LogP contribution in [0.25, 0.3) is 0 Å². The van der Waals surface area contributed by atoms with Crippen LogP contribution >= 0.6 is 0 Å². The summed E-state index contributed by atoms with van der Waals surface area (Å²) in [5.74, 6) is 2.30. The van der Waals surface area contributed by atoms with Crippen LogP contribution in [0, 0.1) is 0 Å². The zero-order valence-corrected chi connectivity index (χ0v) is 15.1. The van der Waals surface area contributed by atoms with E-state index in [1.54, 1.807) is 21.3 Å². The maximum absolute atomic E-state index is 5.33. The molecule has 0 saturated carbocycles. The number of ether oxygens (including phenoxy) is 2. The number of unbranched alkanes of at least 4 members (excludes halogenated alkanes) is 2. The first-order valence-electron chi connectivity index (χ1n) is 8.32. The Morgan fingerprint density at radius 3 is 2.52 bits per heavy atom. The van der Waals surface area contributed by atoms with Gasteiger partial charge in [-0.3, -0.25) is 4.99 Å². The lowest BCUT2D eigenvalue weighted by Crippen LogP contribution is -2.41. The normalized spacial score (nSPS) is 12.7. The van der Waals surface area contributed by atoms with E-state index in [4.69, 9.17) is 9.47 Å². The highest BCUT2D eigenvalue weighted by molar-refractivity contribution is 5.79. The molecule has 0 aliphatic heterocycles. The van der Waals surface area contributed by atoms with Crippen LogP contribution in [-0.4, -0.2) is 33.3 Å². The monoisotopic (exact) mass is 321 g/mol. The molecule has 1 aromatic carbocycles. The number of nitrogens with one attached hydrogen (secondary N) is 2. The summed E-state index contributed by atoms with van der Waals surface area (Å²) in [6, 6.07) is 6.33. The number of hydrogen-bond acceptors (Lipinski definition) is 3. The van der Waals surface area contributed by atoms with Crippen LogP contribution in [0.2, 0.25) is 0 Å². The molecule has 0 aromatic heterocycles. The molecule has 0 aliphatic rings. The van der Waals surface area contributed by atoms with Crippen molar-refractivity contribution in [1.29, 1.82) is 0 Å². The smallest absolute Gasteiger partial charge is 0.191 e. The maximum atomic E-state index is 5.33. The first-order chi connectivity index (χ1) is 11.1. The number of aliphatic imine (C=N–C) groups is 1. The van der Waals surface area contributed by atoms with Crippen molar-refractivity contribution < 1.29 is 9.47 Å². The fourth-order valence-electron chi connectivity index (χ4n) is 2.38. The van der Waals surface area contributed by atoms with Crippen LogP contribution in [0.4, 0.5) is 0 Å². The predicted octanol–water partition coefficient (Wildman–Crippen LogP) is 3.34. The number of benzene rings is 1. The third kappa shape index (κ3) is 6.80. The molecule has 5 nitrogen and oxygen atoms in total. The standard InChI is InChI=1S/C18H31N3O2/c1-6-7-8-9-14(2)21-18(19-3)20-13-15-10-11-16(22-4)17(12-15)23-5/h10-12,14H,6-9,13H2,1-5H3,(H2,19,20,21). The quantitative estimate of drug-likeness (QED) is 0.416. The minimum absolute atomic E-state index is 0.415. The molecule has 0 amide bonds. The van der Waals surface area contributed by atoms with Crippen molar-refractivity contribution in [1.82, 2.24) is 10.6 Å². The molecule has 0 bridgehead atoms. The Labute approximate surface area is 140 Å². The molecular weight excluding hydrogens is 290 g/mol. The van der Waals surface area contributed by atoms with E-state index in [0.29, 0.717) is 12.6 Å². The maximum Gasteiger partial charge on any atom is 0.191 e. The minimum atomic E-state index is 0.415. The Morgan fingerprint density at radius 1 is 1.17 bits per heavy atom. The van der Waals surface area contributed by atoms with Crippen molar-refractivity contribution in [2.75, 3.05) is 21.3 Å². The predicted molar refractivity (Wildman–Crippen MR) is 96.5 cm³/mol. The SMILES string of the molecule is CCCCCC(C)NC(=NC)NCc1ccc(OC)c(OC)c1. The van der Waals surface area contributed by atoms with Gasteiger partial charge in [-0.1, -0.05) is 32.3 Å². The summed E-state index contributed by atoms with van der Waals surface area (Å²) in [6.45, 7) is 5.10. The van der Waals surface area contributed by atoms with Crippen molar-refractivity contribution in [2.45, 2.75) is 52.1 Å². The van der Waals surface area contributed by atoms with E-state index in [1.165, 1.54) is 19.3 Å². The van der Waals surface area contributed by atoms with Gasteiger partial charge in [0.05, 0.1) is 14.2 Å². The van der Waals surface area contributed by atoms with E-state index >= 15 is 0 Å². The highest BCUT2D eigenvalue weighted by Crippen LogP contribution is 2.27. The Hall–Kier alpha value is -1.91. The number of methoxy groups -OCH3 is 2. The summed E-state index contributed by atoms with van der Waals surface area (Å²) >= 11 is 0. The van der Waals surface area contributed by atoms with E-state index in [9.17, 15) is 0 Å². The molecule has 0 heterocycles. The van der Waals surface area contributed by atoms with E-state index in [1.807, 2.05) is 18.2 Å². The Bertz CT molecular complexity index is 489. The van der Waals surface area contributed by atoms with E-state index in [-0.39, 0.29) is 0 Å². The summed E-state index contributed by atoms with van der Waals surface area (Å²) in [4.78, 5) is 4.29. The molecule has 1 atom stereocenters. The Morgan fingerprint density at radius 2 is 1.91 bits per heavy atom. The van der Waals surface area contributed by atoms with Gasteiger partial charge in [0, 0.05) is 19.6 Å². The van der Waals surface area contributed by atoms with Gasteiger partial charge in [-0.25, -0.2) is 0 Å². The lowest BCUT2D eigenvalue weighted by atomic mass is 10.1. The van der Waals surface area contributed by atoms with Crippen molar-refractivity contribution >= 4 is 5.96 Å². The van der Waals surface area contributed by atoms with Gasteiger partial charge in [-0.05, 0) is 31.0 Å². The van der Waals surface area contributed by atoms with Gasteiger partial charge in [-0.2, -0.15) is 0 Å². The van der Waals surface area contributed by atoms with Crippen LogP contribution in [0.5, 0.6) is 11.5 Å². The second-order valence-electron chi connectivity index (χ2n) is 5.66. The largest absolute Gasteiger partial charge is 0.493 e. The molecule has 23 heavy (non-hydrogen) atoms. The van der Waals surface area contributed by atoms with Crippen LogP contribution in [0.15, 0.2) is 23.2 Å². The second-order valence-corrected chi connectivity index (χ2v) is 5.66. The fraction of sp³-hybridized carbons (Fsp3) is 0.611. The molecule has 0 radical (unpaired) electrons. The van der Waals surface area contributed by atoms with Gasteiger partial charge in [0.15, 0.2) is 17.5 Å². The number of rotatable bonds is 9. The van der Waals surface area contributed by atoms with Gasteiger partial charge >= 0.3 is 0 Å². The molecule has 1 unspecified atom stereocenters. The average molecular weight is 321 g/mol. The number of hydrogen-bond donors (Lipinski definition) is 2. The van der Waals surface area contributed by atoms with Crippen molar-refractivity contribution in [3.63, 3.8) is 0 Å². The molecule has 0 spiro atoms. The Kier molecular flexibility index (Phi) is 8.95. The molecule has 0 fully saturated rings. The minimum Gasteiger partial charge on any atom is -0.493 e. The number of nitrogens with zero attached hydrogens (tertiary/aromatic N) is 1. The molecule has 5 heteroatoms. The molecule has 1 rings (SSSR count). The fourth-order valence-corrected chi connectivity index (χ4v) is 2.38. The summed E-state index contributed by atoms with van der Waals surface area (Å²) in [5, 5.41) is 6.77. The van der Waals surface area contributed by atoms with Crippen molar-refractivity contribution in [3.05, 3.63) is 23.8 Å². The summed E-state index contributed by atoms with van der Waals surface area (Å²) in [7, 11) is 5.08. The van der Waals surface area contributed by atoms with E-state index < -0.39 is 0 Å². The zero-order valence-electron chi connectivity index (χ0n) is 15.1. The molecule has 1 aromatic rings. The highest BCUT2D eigenvalue weighted by atomic mass is 16.5. The molecule has 0 saturated heterocycles. The van der Waals surface area contributed by atoms with Gasteiger partial charge in [0.2, 0.25) is 0 Å². The molecule has 2 N–H and O–H groups in total. The summed E-state index contributed by atoms with van der Waals surface area (Å²) < 4.78 is 10.6.